The summed E-state index contributed by atoms with van der Waals surface area (Å²) in [5.41, 5.74) is 4.60. The van der Waals surface area contributed by atoms with Crippen LogP contribution in [0.15, 0.2) is 60.8 Å². The minimum Gasteiger partial charge on any atom is -0.354 e. The van der Waals surface area contributed by atoms with E-state index in [0.717, 1.165) is 17.3 Å². The quantitative estimate of drug-likeness (QED) is 0.792. The van der Waals surface area contributed by atoms with E-state index in [0.29, 0.717) is 0 Å². The highest BCUT2D eigenvalue weighted by molar-refractivity contribution is 5.94. The summed E-state index contributed by atoms with van der Waals surface area (Å²) in [5.74, 6) is 0.0115. The number of rotatable bonds is 4. The summed E-state index contributed by atoms with van der Waals surface area (Å²) >= 11 is 0. The normalized spacial score (nSPS) is 12.1. The zero-order valence-electron chi connectivity index (χ0n) is 13.4. The van der Waals surface area contributed by atoms with Crippen LogP contribution in [0.3, 0.4) is 0 Å². The monoisotopic (exact) mass is 304 g/mol. The van der Waals surface area contributed by atoms with Gasteiger partial charge >= 0.3 is 0 Å². The third-order valence-electron chi connectivity index (χ3n) is 3.90. The number of nitrogens with one attached hydrogen (secondary N) is 1. The highest BCUT2D eigenvalue weighted by Gasteiger charge is 2.07. The second kappa shape index (κ2) is 6.61. The van der Waals surface area contributed by atoms with Crippen molar-refractivity contribution in [2.24, 2.45) is 0 Å². The van der Waals surface area contributed by atoms with E-state index in [2.05, 4.69) is 46.7 Å². The Morgan fingerprint density at radius 2 is 1.87 bits per heavy atom. The summed E-state index contributed by atoms with van der Waals surface area (Å²) in [6, 6.07) is 18.9. The summed E-state index contributed by atoms with van der Waals surface area (Å²) in [7, 11) is 0. The first kappa shape index (κ1) is 15.2. The lowest BCUT2D eigenvalue weighted by atomic mass is 9.98. The molecule has 23 heavy (non-hydrogen) atoms. The molecule has 0 fully saturated rings. The highest BCUT2D eigenvalue weighted by atomic mass is 16.1. The van der Waals surface area contributed by atoms with Crippen molar-refractivity contribution in [2.45, 2.75) is 26.3 Å². The molecule has 1 N–H and O–H groups in total. The fourth-order valence-electron chi connectivity index (χ4n) is 2.93. The molecule has 0 bridgehead atoms. The number of benzene rings is 2. The predicted octanol–water partition coefficient (Wildman–Crippen LogP) is 3.97. The van der Waals surface area contributed by atoms with Gasteiger partial charge < -0.3 is 5.32 Å². The maximum Gasteiger partial charge on any atom is 0.217 e. The number of pyridine rings is 1. The molecule has 0 aliphatic rings. The molecule has 116 valence electrons. The second-order valence-electron chi connectivity index (χ2n) is 5.88. The third-order valence-corrected chi connectivity index (χ3v) is 3.90. The Labute approximate surface area is 136 Å². The van der Waals surface area contributed by atoms with Crippen molar-refractivity contribution in [2.75, 3.05) is 0 Å². The number of amides is 1. The molecule has 0 saturated carbocycles. The molecule has 0 spiro atoms. The average molecular weight is 304 g/mol. The van der Waals surface area contributed by atoms with Gasteiger partial charge in [-0.05, 0) is 42.2 Å². The van der Waals surface area contributed by atoms with Crippen LogP contribution in [0.1, 0.15) is 19.4 Å². The van der Waals surface area contributed by atoms with Crippen LogP contribution in [0.5, 0.6) is 0 Å². The molecule has 3 rings (SSSR count). The largest absolute Gasteiger partial charge is 0.354 e. The maximum atomic E-state index is 11.1. The van der Waals surface area contributed by atoms with Crippen molar-refractivity contribution in [1.82, 2.24) is 10.3 Å². The minimum atomic E-state index is 0.0115. The predicted molar refractivity (Wildman–Crippen MR) is 94.2 cm³/mol. The standard InChI is InChI=1S/C20H20N2O/c1-14(22-15(2)23)13-16-8-10-17(11-9-16)18-5-3-7-20-19(18)6-4-12-21-20/h3-12,14H,13H2,1-2H3,(H,22,23). The summed E-state index contributed by atoms with van der Waals surface area (Å²) in [6.45, 7) is 3.57. The Bertz CT molecular complexity index is 819. The summed E-state index contributed by atoms with van der Waals surface area (Å²) < 4.78 is 0. The van der Waals surface area contributed by atoms with Crippen LogP contribution in [-0.2, 0) is 11.2 Å². The highest BCUT2D eigenvalue weighted by Crippen LogP contribution is 2.27. The van der Waals surface area contributed by atoms with Gasteiger partial charge in [-0.3, -0.25) is 9.78 Å². The Hall–Kier alpha value is -2.68. The minimum absolute atomic E-state index is 0.0115. The van der Waals surface area contributed by atoms with Crippen molar-refractivity contribution >= 4 is 16.8 Å². The van der Waals surface area contributed by atoms with Gasteiger partial charge in [-0.2, -0.15) is 0 Å². The third kappa shape index (κ3) is 3.57. The molecule has 0 radical (unpaired) electrons. The molecule has 3 nitrogen and oxygen atoms in total. The van der Waals surface area contributed by atoms with Gasteiger partial charge in [0.05, 0.1) is 5.52 Å². The number of nitrogens with zero attached hydrogens (tertiary/aromatic N) is 1. The van der Waals surface area contributed by atoms with Crippen LogP contribution >= 0.6 is 0 Å². The number of aromatic nitrogens is 1. The lowest BCUT2D eigenvalue weighted by Gasteiger charge is -2.13. The first-order valence-electron chi connectivity index (χ1n) is 7.83. The van der Waals surface area contributed by atoms with E-state index < -0.39 is 0 Å². The van der Waals surface area contributed by atoms with Crippen LogP contribution in [0.4, 0.5) is 0 Å². The fraction of sp³-hybridized carbons (Fsp3) is 0.200. The SMILES string of the molecule is CC(=O)NC(C)Cc1ccc(-c2cccc3ncccc23)cc1. The van der Waals surface area contributed by atoms with Crippen LogP contribution in [-0.4, -0.2) is 16.9 Å². The molecule has 1 amide bonds. The van der Waals surface area contributed by atoms with Gasteiger partial charge in [0.2, 0.25) is 5.91 Å². The molecule has 3 heteroatoms. The molecular weight excluding hydrogens is 284 g/mol. The molecule has 0 saturated heterocycles. The molecule has 0 aliphatic carbocycles. The summed E-state index contributed by atoms with van der Waals surface area (Å²) in [6.07, 6.45) is 2.65. The first-order chi connectivity index (χ1) is 11.1. The number of carbonyl (C=O) groups excluding carboxylic acids is 1. The second-order valence-corrected chi connectivity index (χ2v) is 5.88. The summed E-state index contributed by atoms with van der Waals surface area (Å²) in [4.78, 5) is 15.5. The van der Waals surface area contributed by atoms with Gasteiger partial charge in [0, 0.05) is 24.5 Å². The van der Waals surface area contributed by atoms with E-state index in [1.807, 2.05) is 31.3 Å². The Balaban J connectivity index is 1.85. The van der Waals surface area contributed by atoms with Crippen molar-refractivity contribution in [1.29, 1.82) is 0 Å². The van der Waals surface area contributed by atoms with Crippen molar-refractivity contribution < 1.29 is 4.79 Å². The zero-order valence-corrected chi connectivity index (χ0v) is 13.4. The molecule has 2 aromatic carbocycles. The van der Waals surface area contributed by atoms with Crippen LogP contribution in [0.2, 0.25) is 0 Å². The van der Waals surface area contributed by atoms with Gasteiger partial charge in [-0.25, -0.2) is 0 Å². The smallest absolute Gasteiger partial charge is 0.217 e. The van der Waals surface area contributed by atoms with Crippen molar-refractivity contribution in [3.8, 4) is 11.1 Å². The Morgan fingerprint density at radius 1 is 1.09 bits per heavy atom. The topological polar surface area (TPSA) is 42.0 Å². The van der Waals surface area contributed by atoms with Gasteiger partial charge in [0.1, 0.15) is 0 Å². The van der Waals surface area contributed by atoms with Crippen molar-refractivity contribution in [3.05, 3.63) is 66.4 Å². The Morgan fingerprint density at radius 3 is 2.61 bits per heavy atom. The first-order valence-corrected chi connectivity index (χ1v) is 7.83. The van der Waals surface area contributed by atoms with E-state index in [9.17, 15) is 4.79 Å². The van der Waals surface area contributed by atoms with E-state index in [4.69, 9.17) is 0 Å². The lowest BCUT2D eigenvalue weighted by molar-refractivity contribution is -0.119. The van der Waals surface area contributed by atoms with E-state index >= 15 is 0 Å². The maximum absolute atomic E-state index is 11.1. The van der Waals surface area contributed by atoms with Gasteiger partial charge in [-0.1, -0.05) is 42.5 Å². The number of hydrogen-bond donors (Lipinski definition) is 1. The molecule has 3 aromatic rings. The fourth-order valence-corrected chi connectivity index (χ4v) is 2.93. The zero-order chi connectivity index (χ0) is 16.2. The molecular formula is C20H20N2O. The molecule has 1 atom stereocenters. The van der Waals surface area contributed by atoms with Crippen LogP contribution < -0.4 is 5.32 Å². The lowest BCUT2D eigenvalue weighted by Crippen LogP contribution is -2.31. The van der Waals surface area contributed by atoms with Gasteiger partial charge in [0.25, 0.3) is 0 Å². The molecule has 1 aromatic heterocycles. The number of carbonyl (C=O) groups is 1. The molecule has 0 aliphatic heterocycles. The molecule has 1 heterocycles. The van der Waals surface area contributed by atoms with Crippen LogP contribution in [0.25, 0.3) is 22.0 Å². The Kier molecular flexibility index (Phi) is 4.38. The molecule has 1 unspecified atom stereocenters. The average Bonchev–Trinajstić information content (AvgIpc) is 2.54. The summed E-state index contributed by atoms with van der Waals surface area (Å²) in [5, 5.41) is 4.08. The van der Waals surface area contributed by atoms with Crippen molar-refractivity contribution in [3.63, 3.8) is 0 Å². The van der Waals surface area contributed by atoms with Crippen LogP contribution in [0, 0.1) is 0 Å². The van der Waals surface area contributed by atoms with E-state index in [1.165, 1.54) is 16.7 Å². The van der Waals surface area contributed by atoms with Gasteiger partial charge in [-0.15, -0.1) is 0 Å². The van der Waals surface area contributed by atoms with Gasteiger partial charge in [0.15, 0.2) is 0 Å². The number of fused-ring (bicyclic) bond motifs is 1. The number of hydrogen-bond acceptors (Lipinski definition) is 2. The van der Waals surface area contributed by atoms with E-state index in [-0.39, 0.29) is 11.9 Å². The van der Waals surface area contributed by atoms with E-state index in [1.54, 1.807) is 6.92 Å².